The smallest absolute Gasteiger partial charge is 0.332 e. The number of nitrogens with one attached hydrogen (secondary N) is 1. The number of hydrogen-bond acceptors (Lipinski definition) is 7. The van der Waals surface area contributed by atoms with Crippen molar-refractivity contribution in [1.29, 1.82) is 0 Å². The SMILES string of the molecule is Nc1nc(NCc2ccc(F)c(Cl)c2)nc(CC2CCC(N)CC2)c1[N+](=O)[O-]. The van der Waals surface area contributed by atoms with Gasteiger partial charge in [0.1, 0.15) is 11.5 Å². The number of halogens is 2. The maximum Gasteiger partial charge on any atom is 0.332 e. The van der Waals surface area contributed by atoms with Crippen molar-refractivity contribution >= 4 is 29.1 Å². The van der Waals surface area contributed by atoms with Crippen LogP contribution in [-0.4, -0.2) is 20.9 Å². The zero-order valence-corrected chi connectivity index (χ0v) is 16.0. The average Bonchev–Trinajstić information content (AvgIpc) is 2.64. The number of nitrogen functional groups attached to an aromatic ring is 1. The first-order valence-corrected chi connectivity index (χ1v) is 9.45. The van der Waals surface area contributed by atoms with Crippen LogP contribution in [0.1, 0.15) is 36.9 Å². The number of benzene rings is 1. The lowest BCUT2D eigenvalue weighted by atomic mass is 9.83. The van der Waals surface area contributed by atoms with Crippen LogP contribution in [0.15, 0.2) is 18.2 Å². The zero-order valence-electron chi connectivity index (χ0n) is 15.2. The van der Waals surface area contributed by atoms with E-state index in [1.54, 1.807) is 6.07 Å². The quantitative estimate of drug-likeness (QED) is 0.492. The third-order valence-electron chi connectivity index (χ3n) is 4.97. The van der Waals surface area contributed by atoms with Crippen LogP contribution in [-0.2, 0) is 13.0 Å². The van der Waals surface area contributed by atoms with Gasteiger partial charge < -0.3 is 16.8 Å². The Balaban J connectivity index is 1.78. The molecule has 0 aliphatic heterocycles. The van der Waals surface area contributed by atoms with E-state index in [4.69, 9.17) is 23.1 Å². The molecular weight excluding hydrogens is 387 g/mol. The highest BCUT2D eigenvalue weighted by Gasteiger charge is 2.27. The fraction of sp³-hybridized carbons (Fsp3) is 0.444. The van der Waals surface area contributed by atoms with E-state index in [-0.39, 0.29) is 41.0 Å². The van der Waals surface area contributed by atoms with Crippen molar-refractivity contribution in [3.05, 3.63) is 50.4 Å². The molecule has 2 aromatic rings. The predicted octanol–water partition coefficient (Wildman–Crippen LogP) is 3.43. The van der Waals surface area contributed by atoms with Gasteiger partial charge in [0.05, 0.1) is 9.95 Å². The van der Waals surface area contributed by atoms with Crippen molar-refractivity contribution in [3.63, 3.8) is 0 Å². The Hall–Kier alpha value is -2.52. The molecule has 0 unspecified atom stereocenters. The summed E-state index contributed by atoms with van der Waals surface area (Å²) in [5.41, 5.74) is 12.6. The van der Waals surface area contributed by atoms with Crippen LogP contribution in [0.25, 0.3) is 0 Å². The van der Waals surface area contributed by atoms with Gasteiger partial charge in [0.15, 0.2) is 0 Å². The minimum Gasteiger partial charge on any atom is -0.378 e. The number of aromatic nitrogens is 2. The fourth-order valence-electron chi connectivity index (χ4n) is 3.44. The van der Waals surface area contributed by atoms with Crippen molar-refractivity contribution in [2.45, 2.75) is 44.7 Å². The van der Waals surface area contributed by atoms with E-state index in [0.29, 0.717) is 12.1 Å². The molecule has 0 amide bonds. The van der Waals surface area contributed by atoms with Crippen molar-refractivity contribution in [1.82, 2.24) is 9.97 Å². The monoisotopic (exact) mass is 408 g/mol. The lowest BCUT2D eigenvalue weighted by Gasteiger charge is -2.25. The molecule has 1 heterocycles. The van der Waals surface area contributed by atoms with Gasteiger partial charge in [-0.05, 0) is 55.7 Å². The normalized spacial score (nSPS) is 19.4. The van der Waals surface area contributed by atoms with Gasteiger partial charge in [0, 0.05) is 12.6 Å². The number of rotatable bonds is 6. The molecule has 150 valence electrons. The lowest BCUT2D eigenvalue weighted by molar-refractivity contribution is -0.385. The summed E-state index contributed by atoms with van der Waals surface area (Å²) in [5, 5.41) is 14.4. The molecule has 0 spiro atoms. The van der Waals surface area contributed by atoms with Gasteiger partial charge in [-0.1, -0.05) is 17.7 Å². The van der Waals surface area contributed by atoms with E-state index in [2.05, 4.69) is 15.3 Å². The predicted molar refractivity (Wildman–Crippen MR) is 105 cm³/mol. The summed E-state index contributed by atoms with van der Waals surface area (Å²) < 4.78 is 13.3. The van der Waals surface area contributed by atoms with Crippen LogP contribution in [0, 0.1) is 21.8 Å². The summed E-state index contributed by atoms with van der Waals surface area (Å²) in [7, 11) is 0. The first-order chi connectivity index (χ1) is 13.3. The van der Waals surface area contributed by atoms with Gasteiger partial charge in [-0.25, -0.2) is 9.37 Å². The molecule has 28 heavy (non-hydrogen) atoms. The Bertz CT molecular complexity index is 873. The second-order valence-electron chi connectivity index (χ2n) is 7.07. The van der Waals surface area contributed by atoms with Gasteiger partial charge in [-0.3, -0.25) is 10.1 Å². The van der Waals surface area contributed by atoms with Crippen LogP contribution < -0.4 is 16.8 Å². The first-order valence-electron chi connectivity index (χ1n) is 9.07. The van der Waals surface area contributed by atoms with E-state index in [0.717, 1.165) is 31.2 Å². The standard InChI is InChI=1S/C18H22ClFN6O2/c19-13-7-11(3-6-14(13)20)9-23-18-24-15(16(26(27)28)17(22)25-18)8-10-1-4-12(21)5-2-10/h3,6-7,10,12H,1-2,4-5,8-9,21H2,(H3,22,23,24,25). The summed E-state index contributed by atoms with van der Waals surface area (Å²) in [4.78, 5) is 19.3. The van der Waals surface area contributed by atoms with Crippen LogP contribution in [0.4, 0.5) is 21.8 Å². The molecular formula is C18H22ClFN6O2. The molecule has 0 atom stereocenters. The third-order valence-corrected chi connectivity index (χ3v) is 5.26. The second kappa shape index (κ2) is 8.66. The van der Waals surface area contributed by atoms with Crippen LogP contribution in [0.2, 0.25) is 5.02 Å². The highest BCUT2D eigenvalue weighted by Crippen LogP contribution is 2.32. The summed E-state index contributed by atoms with van der Waals surface area (Å²) >= 11 is 5.78. The number of hydrogen-bond donors (Lipinski definition) is 3. The molecule has 0 saturated heterocycles. The van der Waals surface area contributed by atoms with Gasteiger partial charge in [-0.2, -0.15) is 4.98 Å². The number of nitro groups is 1. The Labute approximate surface area is 166 Å². The molecule has 1 aromatic carbocycles. The highest BCUT2D eigenvalue weighted by molar-refractivity contribution is 6.30. The van der Waals surface area contributed by atoms with Gasteiger partial charge in [-0.15, -0.1) is 0 Å². The summed E-state index contributed by atoms with van der Waals surface area (Å²) in [6.45, 7) is 0.273. The summed E-state index contributed by atoms with van der Waals surface area (Å²) in [5.74, 6) is -0.222. The van der Waals surface area contributed by atoms with Crippen molar-refractivity contribution in [2.75, 3.05) is 11.1 Å². The molecule has 3 rings (SSSR count). The van der Waals surface area contributed by atoms with Crippen molar-refractivity contribution in [3.8, 4) is 0 Å². The second-order valence-corrected chi connectivity index (χ2v) is 7.48. The van der Waals surface area contributed by atoms with E-state index < -0.39 is 10.7 Å². The molecule has 1 aliphatic rings. The maximum atomic E-state index is 13.3. The van der Waals surface area contributed by atoms with Crippen LogP contribution in [0.3, 0.4) is 0 Å². The van der Waals surface area contributed by atoms with Crippen molar-refractivity contribution < 1.29 is 9.31 Å². The topological polar surface area (TPSA) is 133 Å². The van der Waals surface area contributed by atoms with Crippen LogP contribution in [0.5, 0.6) is 0 Å². The van der Waals surface area contributed by atoms with Crippen LogP contribution >= 0.6 is 11.6 Å². The van der Waals surface area contributed by atoms with E-state index in [1.165, 1.54) is 12.1 Å². The van der Waals surface area contributed by atoms with E-state index >= 15 is 0 Å². The molecule has 5 N–H and O–H groups in total. The number of nitrogens with zero attached hydrogens (tertiary/aromatic N) is 3. The first kappa shape index (κ1) is 20.2. The van der Waals surface area contributed by atoms with Gasteiger partial charge >= 0.3 is 5.69 Å². The average molecular weight is 409 g/mol. The Morgan fingerprint density at radius 2 is 2.00 bits per heavy atom. The number of nitrogens with two attached hydrogens (primary N) is 2. The minimum absolute atomic E-state index is 0.0135. The third kappa shape index (κ3) is 4.85. The minimum atomic E-state index is -0.539. The van der Waals surface area contributed by atoms with Gasteiger partial charge in [0.2, 0.25) is 11.8 Å². The summed E-state index contributed by atoms with van der Waals surface area (Å²) in [6.07, 6.45) is 4.05. The largest absolute Gasteiger partial charge is 0.378 e. The number of anilines is 2. The zero-order chi connectivity index (χ0) is 20.3. The molecule has 0 radical (unpaired) electrons. The van der Waals surface area contributed by atoms with Gasteiger partial charge in [0.25, 0.3) is 0 Å². The molecule has 1 aromatic heterocycles. The fourth-order valence-corrected chi connectivity index (χ4v) is 3.64. The Morgan fingerprint density at radius 3 is 2.64 bits per heavy atom. The molecule has 1 aliphatic carbocycles. The molecule has 1 fully saturated rings. The van der Waals surface area contributed by atoms with E-state index in [9.17, 15) is 14.5 Å². The Kier molecular flexibility index (Phi) is 6.25. The molecule has 0 bridgehead atoms. The Morgan fingerprint density at radius 1 is 1.29 bits per heavy atom. The molecule has 10 heteroatoms. The lowest BCUT2D eigenvalue weighted by Crippen LogP contribution is -2.27. The molecule has 8 nitrogen and oxygen atoms in total. The molecule has 1 saturated carbocycles. The summed E-state index contributed by atoms with van der Waals surface area (Å²) in [6, 6.07) is 4.53. The van der Waals surface area contributed by atoms with Crippen molar-refractivity contribution in [2.24, 2.45) is 11.7 Å². The maximum absolute atomic E-state index is 13.3. The highest BCUT2D eigenvalue weighted by atomic mass is 35.5. The van der Waals surface area contributed by atoms with E-state index in [1.807, 2.05) is 0 Å².